The lowest BCUT2D eigenvalue weighted by molar-refractivity contribution is -0.122. The van der Waals surface area contributed by atoms with Crippen LogP contribution in [-0.4, -0.2) is 18.6 Å². The Balaban J connectivity index is 2.29. The standard InChI is InChI=1S/C16H25ClN2O2/c1-3-4-5-6-7-12(2)21-11-16(20)19-15-10-13(17)8-9-14(15)18/h8-10,12H,3-7,11,18H2,1-2H3,(H,19,20). The molecule has 5 heteroatoms. The second-order valence-electron chi connectivity index (χ2n) is 5.25. The first-order chi connectivity index (χ1) is 10.0. The Bertz CT molecular complexity index is 452. The number of nitrogens with one attached hydrogen (secondary N) is 1. The molecule has 0 saturated carbocycles. The molecule has 1 amide bonds. The molecule has 1 atom stereocenters. The van der Waals surface area contributed by atoms with Gasteiger partial charge in [0, 0.05) is 5.02 Å². The average molecular weight is 313 g/mol. The van der Waals surface area contributed by atoms with Crippen LogP contribution >= 0.6 is 11.6 Å². The summed E-state index contributed by atoms with van der Waals surface area (Å²) >= 11 is 5.87. The maximum Gasteiger partial charge on any atom is 0.250 e. The van der Waals surface area contributed by atoms with Crippen LogP contribution in [0.2, 0.25) is 5.02 Å². The molecular formula is C16H25ClN2O2. The lowest BCUT2D eigenvalue weighted by Gasteiger charge is -2.13. The van der Waals surface area contributed by atoms with Gasteiger partial charge in [-0.25, -0.2) is 0 Å². The number of hydrogen-bond acceptors (Lipinski definition) is 3. The van der Waals surface area contributed by atoms with Gasteiger partial charge in [0.25, 0.3) is 0 Å². The number of rotatable bonds is 9. The van der Waals surface area contributed by atoms with Crippen LogP contribution in [-0.2, 0) is 9.53 Å². The van der Waals surface area contributed by atoms with E-state index >= 15 is 0 Å². The third-order valence-corrected chi connectivity index (χ3v) is 3.49. The van der Waals surface area contributed by atoms with Crippen molar-refractivity contribution >= 4 is 28.9 Å². The number of hydrogen-bond donors (Lipinski definition) is 2. The zero-order chi connectivity index (χ0) is 15.7. The number of ether oxygens (including phenoxy) is 1. The fourth-order valence-corrected chi connectivity index (χ4v) is 2.15. The van der Waals surface area contributed by atoms with Crippen LogP contribution in [0.15, 0.2) is 18.2 Å². The van der Waals surface area contributed by atoms with E-state index in [0.29, 0.717) is 16.4 Å². The Morgan fingerprint density at radius 1 is 1.38 bits per heavy atom. The van der Waals surface area contributed by atoms with Crippen LogP contribution in [0.25, 0.3) is 0 Å². The van der Waals surface area contributed by atoms with Crippen molar-refractivity contribution in [3.8, 4) is 0 Å². The molecule has 0 heterocycles. The van der Waals surface area contributed by atoms with E-state index in [1.165, 1.54) is 19.3 Å². The van der Waals surface area contributed by atoms with Crippen molar-refractivity contribution in [2.24, 2.45) is 0 Å². The van der Waals surface area contributed by atoms with Crippen LogP contribution in [0.4, 0.5) is 11.4 Å². The monoisotopic (exact) mass is 312 g/mol. The number of carbonyl (C=O) groups excluding carboxylic acids is 1. The third kappa shape index (κ3) is 7.34. The number of nitrogen functional groups attached to an aromatic ring is 1. The number of anilines is 2. The van der Waals surface area contributed by atoms with E-state index in [9.17, 15) is 4.79 Å². The van der Waals surface area contributed by atoms with Gasteiger partial charge in [-0.2, -0.15) is 0 Å². The Hall–Kier alpha value is -1.26. The Labute approximate surface area is 132 Å². The number of halogens is 1. The van der Waals surface area contributed by atoms with Gasteiger partial charge >= 0.3 is 0 Å². The number of amides is 1. The van der Waals surface area contributed by atoms with Gasteiger partial charge in [0.1, 0.15) is 6.61 Å². The molecule has 0 spiro atoms. The summed E-state index contributed by atoms with van der Waals surface area (Å²) in [6.45, 7) is 4.21. The Morgan fingerprint density at radius 3 is 2.86 bits per heavy atom. The highest BCUT2D eigenvalue weighted by atomic mass is 35.5. The maximum atomic E-state index is 11.8. The molecule has 0 fully saturated rings. The first-order valence-electron chi connectivity index (χ1n) is 7.49. The first kappa shape index (κ1) is 17.8. The van der Waals surface area contributed by atoms with Crippen molar-refractivity contribution in [1.82, 2.24) is 0 Å². The smallest absolute Gasteiger partial charge is 0.250 e. The fourth-order valence-electron chi connectivity index (χ4n) is 1.98. The molecule has 0 radical (unpaired) electrons. The van der Waals surface area contributed by atoms with E-state index in [0.717, 1.165) is 12.8 Å². The van der Waals surface area contributed by atoms with Crippen molar-refractivity contribution in [3.63, 3.8) is 0 Å². The lowest BCUT2D eigenvalue weighted by Crippen LogP contribution is -2.22. The molecule has 118 valence electrons. The quantitative estimate of drug-likeness (QED) is 0.529. The molecule has 1 rings (SSSR count). The summed E-state index contributed by atoms with van der Waals surface area (Å²) in [5, 5.41) is 3.24. The summed E-state index contributed by atoms with van der Waals surface area (Å²) in [7, 11) is 0. The molecule has 1 unspecified atom stereocenters. The van der Waals surface area contributed by atoms with Gasteiger partial charge in [-0.3, -0.25) is 4.79 Å². The highest BCUT2D eigenvalue weighted by molar-refractivity contribution is 6.31. The highest BCUT2D eigenvalue weighted by Gasteiger charge is 2.09. The third-order valence-electron chi connectivity index (χ3n) is 3.25. The minimum atomic E-state index is -0.218. The van der Waals surface area contributed by atoms with Crippen molar-refractivity contribution < 1.29 is 9.53 Å². The predicted molar refractivity (Wildman–Crippen MR) is 88.7 cm³/mol. The zero-order valence-electron chi connectivity index (χ0n) is 12.8. The van der Waals surface area contributed by atoms with Gasteiger partial charge in [0.15, 0.2) is 0 Å². The van der Waals surface area contributed by atoms with Gasteiger partial charge in [-0.1, -0.05) is 44.2 Å². The minimum Gasteiger partial charge on any atom is -0.397 e. The van der Waals surface area contributed by atoms with E-state index in [1.54, 1.807) is 18.2 Å². The molecule has 0 aliphatic heterocycles. The van der Waals surface area contributed by atoms with Gasteiger partial charge in [0.05, 0.1) is 17.5 Å². The van der Waals surface area contributed by atoms with E-state index in [-0.39, 0.29) is 18.6 Å². The molecule has 0 aliphatic carbocycles. The average Bonchev–Trinajstić information content (AvgIpc) is 2.45. The second-order valence-corrected chi connectivity index (χ2v) is 5.69. The SMILES string of the molecule is CCCCCCC(C)OCC(=O)Nc1cc(Cl)ccc1N. The molecule has 0 bridgehead atoms. The Kier molecular flexibility index (Phi) is 8.16. The van der Waals surface area contributed by atoms with Crippen molar-refractivity contribution in [3.05, 3.63) is 23.2 Å². The summed E-state index contributed by atoms with van der Waals surface area (Å²) in [5.74, 6) is -0.218. The number of unbranched alkanes of at least 4 members (excludes halogenated alkanes) is 3. The molecule has 0 aromatic heterocycles. The summed E-state index contributed by atoms with van der Waals surface area (Å²) in [5.41, 5.74) is 6.78. The van der Waals surface area contributed by atoms with Crippen LogP contribution in [0, 0.1) is 0 Å². The summed E-state index contributed by atoms with van der Waals surface area (Å²) in [6.07, 6.45) is 5.89. The maximum absolute atomic E-state index is 11.8. The van der Waals surface area contributed by atoms with Crippen molar-refractivity contribution in [2.75, 3.05) is 17.7 Å². The van der Waals surface area contributed by atoms with Gasteiger partial charge in [0.2, 0.25) is 5.91 Å². The minimum absolute atomic E-state index is 0.0287. The Morgan fingerprint density at radius 2 is 2.14 bits per heavy atom. The van der Waals surface area contributed by atoms with Crippen molar-refractivity contribution in [2.45, 2.75) is 52.1 Å². The second kappa shape index (κ2) is 9.64. The predicted octanol–water partition coefficient (Wildman–Crippen LogP) is 4.24. The van der Waals surface area contributed by atoms with Crippen LogP contribution in [0.1, 0.15) is 46.0 Å². The molecule has 3 N–H and O–H groups in total. The highest BCUT2D eigenvalue weighted by Crippen LogP contribution is 2.22. The zero-order valence-corrected chi connectivity index (χ0v) is 13.6. The van der Waals surface area contributed by atoms with Crippen LogP contribution in [0.5, 0.6) is 0 Å². The first-order valence-corrected chi connectivity index (χ1v) is 7.87. The molecule has 21 heavy (non-hydrogen) atoms. The number of nitrogens with two attached hydrogens (primary N) is 1. The van der Waals surface area contributed by atoms with E-state index in [1.807, 2.05) is 6.92 Å². The van der Waals surface area contributed by atoms with E-state index < -0.39 is 0 Å². The van der Waals surface area contributed by atoms with Gasteiger partial charge < -0.3 is 15.8 Å². The summed E-state index contributed by atoms with van der Waals surface area (Å²) < 4.78 is 5.54. The molecule has 0 saturated heterocycles. The molecule has 0 aliphatic rings. The normalized spacial score (nSPS) is 12.1. The number of carbonyl (C=O) groups is 1. The summed E-state index contributed by atoms with van der Waals surface area (Å²) in [4.78, 5) is 11.8. The van der Waals surface area contributed by atoms with E-state index in [4.69, 9.17) is 22.1 Å². The number of benzene rings is 1. The molecule has 4 nitrogen and oxygen atoms in total. The lowest BCUT2D eigenvalue weighted by atomic mass is 10.1. The van der Waals surface area contributed by atoms with Gasteiger partial charge in [-0.05, 0) is 31.5 Å². The fraction of sp³-hybridized carbons (Fsp3) is 0.562. The topological polar surface area (TPSA) is 64.3 Å². The molecule has 1 aromatic carbocycles. The van der Waals surface area contributed by atoms with Crippen LogP contribution < -0.4 is 11.1 Å². The molecular weight excluding hydrogens is 288 g/mol. The van der Waals surface area contributed by atoms with Gasteiger partial charge in [-0.15, -0.1) is 0 Å². The largest absolute Gasteiger partial charge is 0.397 e. The van der Waals surface area contributed by atoms with Crippen LogP contribution in [0.3, 0.4) is 0 Å². The van der Waals surface area contributed by atoms with E-state index in [2.05, 4.69) is 12.2 Å². The molecule has 1 aromatic rings. The van der Waals surface area contributed by atoms with Crippen molar-refractivity contribution in [1.29, 1.82) is 0 Å². The summed E-state index contributed by atoms with van der Waals surface area (Å²) in [6, 6.07) is 4.97.